The lowest BCUT2D eigenvalue weighted by Crippen LogP contribution is -1.92. The molecular formula is C10H10FN3. The quantitative estimate of drug-likeness (QED) is 0.766. The number of rotatable bonds is 2. The van der Waals surface area contributed by atoms with E-state index in [0.29, 0.717) is 0 Å². The molecule has 4 heteroatoms. The average molecular weight is 191 g/mol. The topological polar surface area (TPSA) is 40.7 Å². The van der Waals surface area contributed by atoms with Crippen molar-refractivity contribution in [3.63, 3.8) is 0 Å². The predicted octanol–water partition coefficient (Wildman–Crippen LogP) is 2.60. The third-order valence-corrected chi connectivity index (χ3v) is 1.98. The zero-order chi connectivity index (χ0) is 9.97. The van der Waals surface area contributed by atoms with Crippen LogP contribution in [-0.4, -0.2) is 10.2 Å². The highest BCUT2D eigenvalue weighted by Gasteiger charge is 2.00. The van der Waals surface area contributed by atoms with E-state index in [1.165, 1.54) is 12.1 Å². The zero-order valence-electron chi connectivity index (χ0n) is 7.71. The van der Waals surface area contributed by atoms with Gasteiger partial charge in [0.1, 0.15) is 5.82 Å². The standard InChI is InChI=1S/C10H10FN3/c1-7-2-3-8(11)4-10(7)14-9-5-12-13-6-9/h2-6,14H,1H3,(H,12,13). The highest BCUT2D eigenvalue weighted by molar-refractivity contribution is 5.61. The fraction of sp³-hybridized carbons (Fsp3) is 0.100. The number of benzene rings is 1. The van der Waals surface area contributed by atoms with E-state index < -0.39 is 0 Å². The Morgan fingerprint density at radius 2 is 2.29 bits per heavy atom. The highest BCUT2D eigenvalue weighted by atomic mass is 19.1. The predicted molar refractivity (Wildman–Crippen MR) is 53.0 cm³/mol. The molecule has 0 spiro atoms. The first-order valence-electron chi connectivity index (χ1n) is 4.27. The summed E-state index contributed by atoms with van der Waals surface area (Å²) in [5.74, 6) is -0.249. The second kappa shape index (κ2) is 3.49. The van der Waals surface area contributed by atoms with Crippen molar-refractivity contribution in [2.45, 2.75) is 6.92 Å². The van der Waals surface area contributed by atoms with E-state index in [1.807, 2.05) is 6.92 Å². The van der Waals surface area contributed by atoms with Crippen LogP contribution in [-0.2, 0) is 0 Å². The van der Waals surface area contributed by atoms with Crippen molar-refractivity contribution in [3.8, 4) is 0 Å². The normalized spacial score (nSPS) is 10.1. The Hall–Kier alpha value is -1.84. The van der Waals surface area contributed by atoms with Gasteiger partial charge in [0, 0.05) is 11.9 Å². The van der Waals surface area contributed by atoms with Crippen LogP contribution in [0.2, 0.25) is 0 Å². The number of anilines is 2. The van der Waals surface area contributed by atoms with Gasteiger partial charge in [-0.05, 0) is 24.6 Å². The molecule has 3 nitrogen and oxygen atoms in total. The van der Waals surface area contributed by atoms with Gasteiger partial charge in [-0.25, -0.2) is 4.39 Å². The maximum absolute atomic E-state index is 12.9. The molecule has 0 saturated carbocycles. The van der Waals surface area contributed by atoms with Crippen LogP contribution in [0.25, 0.3) is 0 Å². The monoisotopic (exact) mass is 191 g/mol. The minimum Gasteiger partial charge on any atom is -0.353 e. The Bertz CT molecular complexity index is 423. The van der Waals surface area contributed by atoms with Gasteiger partial charge in [0.2, 0.25) is 0 Å². The lowest BCUT2D eigenvalue weighted by atomic mass is 10.2. The van der Waals surface area contributed by atoms with Gasteiger partial charge in [-0.2, -0.15) is 5.10 Å². The van der Waals surface area contributed by atoms with Crippen molar-refractivity contribution in [1.29, 1.82) is 0 Å². The third-order valence-electron chi connectivity index (χ3n) is 1.98. The van der Waals surface area contributed by atoms with Crippen LogP contribution in [0, 0.1) is 12.7 Å². The van der Waals surface area contributed by atoms with E-state index in [2.05, 4.69) is 15.5 Å². The van der Waals surface area contributed by atoms with Crippen LogP contribution in [0.1, 0.15) is 5.56 Å². The molecule has 0 radical (unpaired) electrons. The fourth-order valence-electron chi connectivity index (χ4n) is 1.20. The van der Waals surface area contributed by atoms with Crippen molar-refractivity contribution in [3.05, 3.63) is 42.0 Å². The summed E-state index contributed by atoms with van der Waals surface area (Å²) in [4.78, 5) is 0. The van der Waals surface area contributed by atoms with Crippen molar-refractivity contribution in [1.82, 2.24) is 10.2 Å². The van der Waals surface area contributed by atoms with Crippen LogP contribution in [0.5, 0.6) is 0 Å². The summed E-state index contributed by atoms with van der Waals surface area (Å²) in [6, 6.07) is 4.63. The van der Waals surface area contributed by atoms with Gasteiger partial charge in [0.05, 0.1) is 11.9 Å². The van der Waals surface area contributed by atoms with E-state index in [-0.39, 0.29) is 5.82 Å². The average Bonchev–Trinajstić information content (AvgIpc) is 2.64. The molecule has 0 saturated heterocycles. The lowest BCUT2D eigenvalue weighted by Gasteiger charge is -2.06. The molecular weight excluding hydrogens is 181 g/mol. The molecule has 0 unspecified atom stereocenters. The first-order chi connectivity index (χ1) is 6.75. The summed E-state index contributed by atoms with van der Waals surface area (Å²) in [6.45, 7) is 1.92. The van der Waals surface area contributed by atoms with Crippen molar-refractivity contribution >= 4 is 11.4 Å². The third kappa shape index (κ3) is 1.74. The van der Waals surface area contributed by atoms with Crippen LogP contribution in [0.3, 0.4) is 0 Å². The van der Waals surface area contributed by atoms with E-state index in [4.69, 9.17) is 0 Å². The molecule has 1 aromatic carbocycles. The Kier molecular flexibility index (Phi) is 2.18. The van der Waals surface area contributed by atoms with Crippen LogP contribution >= 0.6 is 0 Å². The molecule has 0 bridgehead atoms. The molecule has 2 aromatic rings. The van der Waals surface area contributed by atoms with Gasteiger partial charge in [-0.15, -0.1) is 0 Å². The van der Waals surface area contributed by atoms with Gasteiger partial charge in [-0.3, -0.25) is 5.10 Å². The van der Waals surface area contributed by atoms with Gasteiger partial charge in [0.25, 0.3) is 0 Å². The lowest BCUT2D eigenvalue weighted by molar-refractivity contribution is 0.628. The first-order valence-corrected chi connectivity index (χ1v) is 4.27. The Labute approximate surface area is 81.0 Å². The molecule has 0 aliphatic carbocycles. The molecule has 2 N–H and O–H groups in total. The van der Waals surface area contributed by atoms with Crippen LogP contribution in [0.4, 0.5) is 15.8 Å². The largest absolute Gasteiger partial charge is 0.353 e. The second-order valence-electron chi connectivity index (χ2n) is 3.07. The number of nitrogens with zero attached hydrogens (tertiary/aromatic N) is 1. The molecule has 1 heterocycles. The second-order valence-corrected chi connectivity index (χ2v) is 3.07. The van der Waals surface area contributed by atoms with Gasteiger partial charge in [0.15, 0.2) is 0 Å². The number of nitrogens with one attached hydrogen (secondary N) is 2. The van der Waals surface area contributed by atoms with E-state index in [1.54, 1.807) is 18.5 Å². The smallest absolute Gasteiger partial charge is 0.125 e. The van der Waals surface area contributed by atoms with Crippen molar-refractivity contribution in [2.75, 3.05) is 5.32 Å². The number of aromatic nitrogens is 2. The highest BCUT2D eigenvalue weighted by Crippen LogP contribution is 2.20. The maximum atomic E-state index is 12.9. The summed E-state index contributed by atoms with van der Waals surface area (Å²) in [5, 5.41) is 9.53. The SMILES string of the molecule is Cc1ccc(F)cc1Nc1cn[nH]c1. The molecule has 0 aliphatic rings. The number of aromatic amines is 1. The maximum Gasteiger partial charge on any atom is 0.125 e. The van der Waals surface area contributed by atoms with Crippen LogP contribution < -0.4 is 5.32 Å². The molecule has 2 rings (SSSR count). The van der Waals surface area contributed by atoms with Gasteiger partial charge < -0.3 is 5.32 Å². The van der Waals surface area contributed by atoms with E-state index in [9.17, 15) is 4.39 Å². The molecule has 14 heavy (non-hydrogen) atoms. The van der Waals surface area contributed by atoms with Crippen LogP contribution in [0.15, 0.2) is 30.6 Å². The van der Waals surface area contributed by atoms with E-state index in [0.717, 1.165) is 16.9 Å². The minimum atomic E-state index is -0.249. The number of halogens is 1. The summed E-state index contributed by atoms with van der Waals surface area (Å²) in [7, 11) is 0. The summed E-state index contributed by atoms with van der Waals surface area (Å²) in [5.41, 5.74) is 2.57. The Morgan fingerprint density at radius 1 is 1.43 bits per heavy atom. The zero-order valence-corrected chi connectivity index (χ0v) is 7.71. The van der Waals surface area contributed by atoms with Gasteiger partial charge >= 0.3 is 0 Å². The first kappa shape index (κ1) is 8.74. The summed E-state index contributed by atoms with van der Waals surface area (Å²) >= 11 is 0. The molecule has 1 aromatic heterocycles. The molecule has 0 aliphatic heterocycles. The number of H-pyrrole nitrogens is 1. The van der Waals surface area contributed by atoms with Crippen molar-refractivity contribution < 1.29 is 4.39 Å². The summed E-state index contributed by atoms with van der Waals surface area (Å²) < 4.78 is 12.9. The van der Waals surface area contributed by atoms with Crippen molar-refractivity contribution in [2.24, 2.45) is 0 Å². The minimum absolute atomic E-state index is 0.249. The Balaban J connectivity index is 2.28. The summed E-state index contributed by atoms with van der Waals surface area (Å²) in [6.07, 6.45) is 3.36. The Morgan fingerprint density at radius 3 is 3.00 bits per heavy atom. The molecule has 0 fully saturated rings. The number of hydrogen-bond acceptors (Lipinski definition) is 2. The fourth-order valence-corrected chi connectivity index (χ4v) is 1.20. The number of aryl methyl sites for hydroxylation is 1. The molecule has 0 amide bonds. The number of hydrogen-bond donors (Lipinski definition) is 2. The molecule has 72 valence electrons. The van der Waals surface area contributed by atoms with E-state index >= 15 is 0 Å². The molecule has 0 atom stereocenters. The van der Waals surface area contributed by atoms with Gasteiger partial charge in [-0.1, -0.05) is 6.07 Å².